The first-order chi connectivity index (χ1) is 12.8. The van der Waals surface area contributed by atoms with E-state index in [0.29, 0.717) is 18.4 Å². The van der Waals surface area contributed by atoms with Crippen LogP contribution in [0.5, 0.6) is 0 Å². The van der Waals surface area contributed by atoms with Crippen LogP contribution in [-0.4, -0.2) is 30.5 Å². The highest BCUT2D eigenvalue weighted by atomic mass is 35.5. The fourth-order valence-electron chi connectivity index (χ4n) is 3.28. The van der Waals surface area contributed by atoms with Crippen molar-refractivity contribution in [3.8, 4) is 0 Å². The standard InChI is InChI=1S/C21H33N3O3.ClH/c1-14(2)20(22)21(26)23-12-19(25)24-17-8-5-7-16(11-17)13-27-18-9-4-6-15(3)10-18;/h5,7-8,11,14-15,18,20H,4,6,9-10,12-13,22H2,1-3H3,(H,23,26)(H,24,25);1H/t15?,18?,20-;/m0./s1. The molecule has 0 spiro atoms. The first-order valence-corrected chi connectivity index (χ1v) is 9.89. The smallest absolute Gasteiger partial charge is 0.243 e. The molecule has 28 heavy (non-hydrogen) atoms. The summed E-state index contributed by atoms with van der Waals surface area (Å²) < 4.78 is 6.04. The summed E-state index contributed by atoms with van der Waals surface area (Å²) in [4.78, 5) is 23.9. The van der Waals surface area contributed by atoms with Gasteiger partial charge < -0.3 is 21.1 Å². The summed E-state index contributed by atoms with van der Waals surface area (Å²) in [6.45, 7) is 6.46. The maximum atomic E-state index is 12.1. The van der Waals surface area contributed by atoms with E-state index in [0.717, 1.165) is 24.3 Å². The van der Waals surface area contributed by atoms with Gasteiger partial charge in [-0.15, -0.1) is 12.4 Å². The summed E-state index contributed by atoms with van der Waals surface area (Å²) in [5.74, 6) is 0.160. The fraction of sp³-hybridized carbons (Fsp3) is 0.619. The molecule has 0 bridgehead atoms. The SMILES string of the molecule is CC1CCCC(OCc2cccc(NC(=O)CNC(=O)[C@@H](N)C(C)C)c2)C1.Cl. The topological polar surface area (TPSA) is 93.5 Å². The maximum absolute atomic E-state index is 12.1. The Morgan fingerprint density at radius 3 is 2.71 bits per heavy atom. The number of nitrogens with one attached hydrogen (secondary N) is 2. The van der Waals surface area contributed by atoms with Gasteiger partial charge in [0.05, 0.1) is 25.3 Å². The number of carbonyl (C=O) groups excluding carboxylic acids is 2. The molecule has 2 unspecified atom stereocenters. The van der Waals surface area contributed by atoms with Gasteiger partial charge >= 0.3 is 0 Å². The Morgan fingerprint density at radius 2 is 2.04 bits per heavy atom. The molecule has 7 heteroatoms. The minimum Gasteiger partial charge on any atom is -0.374 e. The number of anilines is 1. The highest BCUT2D eigenvalue weighted by Gasteiger charge is 2.19. The van der Waals surface area contributed by atoms with Gasteiger partial charge in [0.25, 0.3) is 0 Å². The number of carbonyl (C=O) groups is 2. The van der Waals surface area contributed by atoms with E-state index in [9.17, 15) is 9.59 Å². The number of nitrogens with two attached hydrogens (primary N) is 1. The second-order valence-electron chi connectivity index (χ2n) is 7.94. The quantitative estimate of drug-likeness (QED) is 0.612. The lowest BCUT2D eigenvalue weighted by Gasteiger charge is -2.26. The van der Waals surface area contributed by atoms with Gasteiger partial charge in [0, 0.05) is 5.69 Å². The normalized spacial score (nSPS) is 20.2. The van der Waals surface area contributed by atoms with Gasteiger partial charge in [0.2, 0.25) is 11.8 Å². The summed E-state index contributed by atoms with van der Waals surface area (Å²) in [5.41, 5.74) is 7.48. The second-order valence-corrected chi connectivity index (χ2v) is 7.94. The minimum atomic E-state index is -0.610. The molecule has 1 aliphatic rings. The van der Waals surface area contributed by atoms with Crippen molar-refractivity contribution in [1.82, 2.24) is 5.32 Å². The van der Waals surface area contributed by atoms with E-state index >= 15 is 0 Å². The molecule has 1 saturated carbocycles. The minimum absolute atomic E-state index is 0. The van der Waals surface area contributed by atoms with Crippen LogP contribution in [0, 0.1) is 11.8 Å². The molecule has 0 heterocycles. The van der Waals surface area contributed by atoms with Crippen LogP contribution in [0.15, 0.2) is 24.3 Å². The monoisotopic (exact) mass is 411 g/mol. The first kappa shape index (κ1) is 24.4. The van der Waals surface area contributed by atoms with Crippen molar-refractivity contribution in [2.45, 2.75) is 65.2 Å². The van der Waals surface area contributed by atoms with Crippen molar-refractivity contribution < 1.29 is 14.3 Å². The van der Waals surface area contributed by atoms with Gasteiger partial charge in [-0.25, -0.2) is 0 Å². The average molecular weight is 412 g/mol. The number of ether oxygens (including phenoxy) is 1. The van der Waals surface area contributed by atoms with Crippen LogP contribution in [-0.2, 0) is 20.9 Å². The molecule has 1 fully saturated rings. The van der Waals surface area contributed by atoms with Crippen LogP contribution < -0.4 is 16.4 Å². The molecule has 6 nitrogen and oxygen atoms in total. The van der Waals surface area contributed by atoms with Crippen LogP contribution in [0.2, 0.25) is 0 Å². The van der Waals surface area contributed by atoms with Gasteiger partial charge in [0.15, 0.2) is 0 Å². The largest absolute Gasteiger partial charge is 0.374 e. The van der Waals surface area contributed by atoms with Crippen molar-refractivity contribution in [1.29, 1.82) is 0 Å². The summed E-state index contributed by atoms with van der Waals surface area (Å²) in [7, 11) is 0. The lowest BCUT2D eigenvalue weighted by Crippen LogP contribution is -2.46. The summed E-state index contributed by atoms with van der Waals surface area (Å²) in [6.07, 6.45) is 5.09. The Balaban J connectivity index is 0.00000392. The molecule has 0 aromatic heterocycles. The zero-order chi connectivity index (χ0) is 19.8. The van der Waals surface area contributed by atoms with Crippen LogP contribution >= 0.6 is 12.4 Å². The number of benzene rings is 1. The molecule has 158 valence electrons. The second kappa shape index (κ2) is 12.0. The Kier molecular flexibility index (Phi) is 10.5. The van der Waals surface area contributed by atoms with E-state index in [1.54, 1.807) is 0 Å². The van der Waals surface area contributed by atoms with E-state index < -0.39 is 6.04 Å². The Morgan fingerprint density at radius 1 is 1.29 bits per heavy atom. The van der Waals surface area contributed by atoms with E-state index in [1.165, 1.54) is 12.8 Å². The Bertz CT molecular complexity index is 639. The fourth-order valence-corrected chi connectivity index (χ4v) is 3.28. The molecule has 3 atom stereocenters. The predicted octanol–water partition coefficient (Wildman–Crippen LogP) is 3.24. The molecular weight excluding hydrogens is 378 g/mol. The predicted molar refractivity (Wildman–Crippen MR) is 114 cm³/mol. The van der Waals surface area contributed by atoms with Crippen LogP contribution in [0.1, 0.15) is 52.0 Å². The Hall–Kier alpha value is -1.63. The van der Waals surface area contributed by atoms with Crippen molar-refractivity contribution >= 4 is 29.9 Å². The maximum Gasteiger partial charge on any atom is 0.243 e. The summed E-state index contributed by atoms with van der Waals surface area (Å²) in [5, 5.41) is 5.37. The number of hydrogen-bond acceptors (Lipinski definition) is 4. The number of amides is 2. The van der Waals surface area contributed by atoms with Crippen molar-refractivity contribution in [2.75, 3.05) is 11.9 Å². The van der Waals surface area contributed by atoms with Gasteiger partial charge in [-0.1, -0.05) is 45.7 Å². The van der Waals surface area contributed by atoms with Crippen molar-refractivity contribution in [3.05, 3.63) is 29.8 Å². The lowest BCUT2D eigenvalue weighted by atomic mass is 9.89. The van der Waals surface area contributed by atoms with Crippen LogP contribution in [0.25, 0.3) is 0 Å². The van der Waals surface area contributed by atoms with Crippen molar-refractivity contribution in [2.24, 2.45) is 17.6 Å². The van der Waals surface area contributed by atoms with Crippen LogP contribution in [0.3, 0.4) is 0 Å². The van der Waals surface area contributed by atoms with Gasteiger partial charge in [-0.2, -0.15) is 0 Å². The number of hydrogen-bond donors (Lipinski definition) is 3. The van der Waals surface area contributed by atoms with Gasteiger partial charge in [0.1, 0.15) is 0 Å². The van der Waals surface area contributed by atoms with E-state index in [1.807, 2.05) is 38.1 Å². The summed E-state index contributed by atoms with van der Waals surface area (Å²) in [6, 6.07) is 7.01. The third-order valence-corrected chi connectivity index (χ3v) is 5.03. The molecule has 0 radical (unpaired) electrons. The van der Waals surface area contributed by atoms with Gasteiger partial charge in [-0.05, 0) is 42.4 Å². The molecule has 2 amide bonds. The molecule has 1 aromatic rings. The summed E-state index contributed by atoms with van der Waals surface area (Å²) >= 11 is 0. The molecule has 1 aliphatic carbocycles. The zero-order valence-electron chi connectivity index (χ0n) is 17.1. The first-order valence-electron chi connectivity index (χ1n) is 9.89. The molecule has 0 aliphatic heterocycles. The number of halogens is 1. The van der Waals surface area contributed by atoms with E-state index in [4.69, 9.17) is 10.5 Å². The highest BCUT2D eigenvalue weighted by Crippen LogP contribution is 2.26. The zero-order valence-corrected chi connectivity index (χ0v) is 17.9. The van der Waals surface area contributed by atoms with Crippen LogP contribution in [0.4, 0.5) is 5.69 Å². The lowest BCUT2D eigenvalue weighted by molar-refractivity contribution is -0.125. The highest BCUT2D eigenvalue weighted by molar-refractivity contribution is 5.95. The third-order valence-electron chi connectivity index (χ3n) is 5.03. The van der Waals surface area contributed by atoms with E-state index in [2.05, 4.69) is 17.6 Å². The Labute approximate surface area is 174 Å². The van der Waals surface area contributed by atoms with Crippen molar-refractivity contribution in [3.63, 3.8) is 0 Å². The van der Waals surface area contributed by atoms with E-state index in [-0.39, 0.29) is 36.7 Å². The average Bonchev–Trinajstić information content (AvgIpc) is 2.64. The molecular formula is C21H34ClN3O3. The molecule has 4 N–H and O–H groups in total. The third kappa shape index (κ3) is 8.17. The molecule has 0 saturated heterocycles. The van der Waals surface area contributed by atoms with Gasteiger partial charge in [-0.3, -0.25) is 9.59 Å². The molecule has 2 rings (SSSR count). The number of rotatable bonds is 8. The molecule has 1 aromatic carbocycles.